The Morgan fingerprint density at radius 2 is 2.10 bits per heavy atom. The molecule has 0 heterocycles. The maximum absolute atomic E-state index is 11.1. The fraction of sp³-hybridized carbons (Fsp3) is 0.385. The largest absolute Gasteiger partial charge is 0.477 e. The summed E-state index contributed by atoms with van der Waals surface area (Å²) >= 11 is 0. The number of carbonyl (C=O) groups is 2. The van der Waals surface area contributed by atoms with Crippen LogP contribution in [0, 0.1) is 10.1 Å². The minimum absolute atomic E-state index is 0.0725. The van der Waals surface area contributed by atoms with E-state index in [4.69, 9.17) is 10.8 Å². The molecule has 0 saturated carbocycles. The second-order valence-electron chi connectivity index (χ2n) is 4.51. The second kappa shape index (κ2) is 7.22. The molecule has 1 aromatic carbocycles. The lowest BCUT2D eigenvalue weighted by Gasteiger charge is -2.23. The number of nitrogens with two attached hydrogens (primary N) is 1. The molecule has 0 unspecified atom stereocenters. The third kappa shape index (κ3) is 4.44. The van der Waals surface area contributed by atoms with Crippen molar-refractivity contribution >= 4 is 23.3 Å². The first-order valence-corrected chi connectivity index (χ1v) is 6.41. The van der Waals surface area contributed by atoms with E-state index in [9.17, 15) is 19.7 Å². The van der Waals surface area contributed by atoms with Crippen LogP contribution in [0.25, 0.3) is 0 Å². The van der Waals surface area contributed by atoms with E-state index < -0.39 is 28.1 Å². The third-order valence-electron chi connectivity index (χ3n) is 2.90. The molecule has 0 aliphatic heterocycles. The number of amides is 1. The van der Waals surface area contributed by atoms with Gasteiger partial charge in [-0.3, -0.25) is 14.9 Å². The number of carboxylic acid groups (broad SMARTS) is 1. The number of hydrogen-bond acceptors (Lipinski definition) is 5. The Morgan fingerprint density at radius 1 is 1.43 bits per heavy atom. The fourth-order valence-electron chi connectivity index (χ4n) is 1.89. The van der Waals surface area contributed by atoms with Crippen LogP contribution >= 0.6 is 0 Å². The van der Waals surface area contributed by atoms with Gasteiger partial charge in [-0.2, -0.15) is 0 Å². The molecule has 0 spiro atoms. The van der Waals surface area contributed by atoms with Gasteiger partial charge in [-0.15, -0.1) is 0 Å². The Kier molecular flexibility index (Phi) is 5.65. The van der Waals surface area contributed by atoms with Gasteiger partial charge in [0.05, 0.1) is 11.5 Å². The van der Waals surface area contributed by atoms with Gasteiger partial charge >= 0.3 is 5.97 Å². The van der Waals surface area contributed by atoms with Crippen LogP contribution in [0.1, 0.15) is 30.1 Å². The zero-order chi connectivity index (χ0) is 16.0. The molecule has 21 heavy (non-hydrogen) atoms. The maximum atomic E-state index is 11.1. The summed E-state index contributed by atoms with van der Waals surface area (Å²) in [5.74, 6) is -1.95. The maximum Gasteiger partial charge on any atom is 0.342 e. The van der Waals surface area contributed by atoms with E-state index in [2.05, 4.69) is 0 Å². The predicted octanol–water partition coefficient (Wildman–Crippen LogP) is 1.38. The molecular formula is C13H17N3O5. The summed E-state index contributed by atoms with van der Waals surface area (Å²) in [7, 11) is 0. The van der Waals surface area contributed by atoms with Crippen molar-refractivity contribution in [1.82, 2.24) is 0 Å². The molecule has 0 aliphatic rings. The molecule has 8 heteroatoms. The fourth-order valence-corrected chi connectivity index (χ4v) is 1.89. The van der Waals surface area contributed by atoms with Crippen LogP contribution in [-0.2, 0) is 4.79 Å². The highest BCUT2D eigenvalue weighted by Gasteiger charge is 2.21. The van der Waals surface area contributed by atoms with Crippen LogP contribution < -0.4 is 10.6 Å². The van der Waals surface area contributed by atoms with Crippen molar-refractivity contribution in [3.8, 4) is 0 Å². The molecule has 3 N–H and O–H groups in total. The van der Waals surface area contributed by atoms with E-state index in [1.165, 1.54) is 12.1 Å². The zero-order valence-corrected chi connectivity index (χ0v) is 11.6. The van der Waals surface area contributed by atoms with E-state index in [-0.39, 0.29) is 6.54 Å². The van der Waals surface area contributed by atoms with Gasteiger partial charge in [0.25, 0.3) is 5.69 Å². The number of nitrogens with zero attached hydrogens (tertiary/aromatic N) is 2. The number of aromatic carboxylic acids is 1. The summed E-state index contributed by atoms with van der Waals surface area (Å²) in [4.78, 5) is 33.9. The Bertz CT molecular complexity index is 559. The highest BCUT2D eigenvalue weighted by molar-refractivity contribution is 5.94. The van der Waals surface area contributed by atoms with E-state index in [1.54, 1.807) is 4.90 Å². The van der Waals surface area contributed by atoms with Crippen molar-refractivity contribution in [2.24, 2.45) is 5.73 Å². The number of nitro groups is 1. The summed E-state index contributed by atoms with van der Waals surface area (Å²) in [6, 6.07) is 3.74. The molecule has 1 amide bonds. The first kappa shape index (κ1) is 16.4. The minimum Gasteiger partial charge on any atom is -0.477 e. The molecule has 1 rings (SSSR count). The van der Waals surface area contributed by atoms with Gasteiger partial charge in [0.1, 0.15) is 5.56 Å². The molecule has 0 radical (unpaired) electrons. The third-order valence-corrected chi connectivity index (χ3v) is 2.90. The quantitative estimate of drug-likeness (QED) is 0.551. The summed E-state index contributed by atoms with van der Waals surface area (Å²) in [5.41, 5.74) is 4.70. The van der Waals surface area contributed by atoms with Crippen molar-refractivity contribution in [1.29, 1.82) is 0 Å². The molecule has 114 valence electrons. The predicted molar refractivity (Wildman–Crippen MR) is 76.4 cm³/mol. The van der Waals surface area contributed by atoms with E-state index >= 15 is 0 Å². The van der Waals surface area contributed by atoms with Gasteiger partial charge in [-0.05, 0) is 18.6 Å². The van der Waals surface area contributed by atoms with Crippen LogP contribution in [-0.4, -0.2) is 35.0 Å². The highest BCUT2D eigenvalue weighted by atomic mass is 16.6. The van der Waals surface area contributed by atoms with Gasteiger partial charge in [0.2, 0.25) is 5.91 Å². The SMILES string of the molecule is CCCCN(CC(N)=O)c1ccc([N+](=O)[O-])c(C(=O)O)c1. The summed E-state index contributed by atoms with van der Waals surface area (Å²) in [6.45, 7) is 2.41. The van der Waals surface area contributed by atoms with Crippen molar-refractivity contribution in [3.63, 3.8) is 0 Å². The van der Waals surface area contributed by atoms with Gasteiger partial charge in [0, 0.05) is 18.3 Å². The number of rotatable bonds is 8. The smallest absolute Gasteiger partial charge is 0.342 e. The topological polar surface area (TPSA) is 127 Å². The molecule has 8 nitrogen and oxygen atoms in total. The first-order chi connectivity index (χ1) is 9.86. The average molecular weight is 295 g/mol. The van der Waals surface area contributed by atoms with Crippen LogP contribution in [0.4, 0.5) is 11.4 Å². The molecule has 0 atom stereocenters. The number of anilines is 1. The standard InChI is InChI=1S/C13H17N3O5/c1-2-3-6-15(8-12(14)17)9-4-5-11(16(20)21)10(7-9)13(18)19/h4-5,7H,2-3,6,8H2,1H3,(H2,14,17)(H,18,19). The number of nitro benzene ring substituents is 1. The van der Waals surface area contributed by atoms with Crippen LogP contribution in [0.2, 0.25) is 0 Å². The number of benzene rings is 1. The van der Waals surface area contributed by atoms with Crippen LogP contribution in [0.3, 0.4) is 0 Å². The van der Waals surface area contributed by atoms with Crippen molar-refractivity contribution in [3.05, 3.63) is 33.9 Å². The highest BCUT2D eigenvalue weighted by Crippen LogP contribution is 2.25. The Balaban J connectivity index is 3.19. The van der Waals surface area contributed by atoms with Gasteiger partial charge in [-0.1, -0.05) is 13.3 Å². The summed E-state index contributed by atoms with van der Waals surface area (Å²) < 4.78 is 0. The van der Waals surface area contributed by atoms with E-state index in [0.29, 0.717) is 12.2 Å². The van der Waals surface area contributed by atoms with Crippen molar-refractivity contribution < 1.29 is 19.6 Å². The molecule has 0 bridgehead atoms. The zero-order valence-electron chi connectivity index (χ0n) is 11.6. The van der Waals surface area contributed by atoms with E-state index in [1.807, 2.05) is 6.92 Å². The van der Waals surface area contributed by atoms with Crippen LogP contribution in [0.5, 0.6) is 0 Å². The number of carboxylic acids is 1. The van der Waals surface area contributed by atoms with Gasteiger partial charge < -0.3 is 15.7 Å². The molecule has 0 aromatic heterocycles. The molecule has 0 aliphatic carbocycles. The number of primary amides is 1. The average Bonchev–Trinajstić information content (AvgIpc) is 2.42. The molecular weight excluding hydrogens is 278 g/mol. The van der Waals surface area contributed by atoms with Gasteiger partial charge in [-0.25, -0.2) is 4.79 Å². The summed E-state index contributed by atoms with van der Waals surface area (Å²) in [6.07, 6.45) is 1.67. The number of carbonyl (C=O) groups excluding carboxylic acids is 1. The lowest BCUT2D eigenvalue weighted by Crippen LogP contribution is -2.34. The lowest BCUT2D eigenvalue weighted by atomic mass is 10.1. The number of hydrogen-bond donors (Lipinski definition) is 2. The van der Waals surface area contributed by atoms with Crippen LogP contribution in [0.15, 0.2) is 18.2 Å². The lowest BCUT2D eigenvalue weighted by molar-refractivity contribution is -0.385. The molecule has 1 aromatic rings. The Morgan fingerprint density at radius 3 is 2.57 bits per heavy atom. The van der Waals surface area contributed by atoms with Gasteiger partial charge in [0.15, 0.2) is 0 Å². The monoisotopic (exact) mass is 295 g/mol. The second-order valence-corrected chi connectivity index (χ2v) is 4.51. The molecule has 0 fully saturated rings. The molecule has 0 saturated heterocycles. The minimum atomic E-state index is -1.39. The first-order valence-electron chi connectivity index (χ1n) is 6.41. The Hall–Kier alpha value is -2.64. The number of unbranched alkanes of at least 4 members (excludes halogenated alkanes) is 1. The van der Waals surface area contributed by atoms with Crippen molar-refractivity contribution in [2.75, 3.05) is 18.0 Å². The summed E-state index contributed by atoms with van der Waals surface area (Å²) in [5, 5.41) is 19.9. The van der Waals surface area contributed by atoms with Crippen molar-refractivity contribution in [2.45, 2.75) is 19.8 Å². The van der Waals surface area contributed by atoms with E-state index in [0.717, 1.165) is 18.9 Å². The Labute approximate surface area is 121 Å². The normalized spacial score (nSPS) is 10.1.